The van der Waals surface area contributed by atoms with Gasteiger partial charge in [-0.15, -0.1) is 0 Å². The van der Waals surface area contributed by atoms with Gasteiger partial charge in [-0.05, 0) is 73.1 Å². The third-order valence-corrected chi connectivity index (χ3v) is 5.80. The maximum Gasteiger partial charge on any atom is 0.260 e. The van der Waals surface area contributed by atoms with Gasteiger partial charge in [-0.25, -0.2) is 0 Å². The maximum atomic E-state index is 13.0. The molecule has 9 heteroatoms. The Bertz CT molecular complexity index is 1250. The number of ether oxygens (including phenoxy) is 3. The van der Waals surface area contributed by atoms with E-state index in [-0.39, 0.29) is 16.2 Å². The van der Waals surface area contributed by atoms with Crippen molar-refractivity contribution >= 4 is 12.2 Å². The Morgan fingerprint density at radius 2 is 1.84 bits per heavy atom. The smallest absolute Gasteiger partial charge is 0.260 e. The van der Waals surface area contributed by atoms with Gasteiger partial charge in [0.05, 0.1) is 38.1 Å². The van der Waals surface area contributed by atoms with Gasteiger partial charge in [-0.2, -0.15) is 0 Å². The van der Waals surface area contributed by atoms with E-state index in [1.165, 1.54) is 4.57 Å². The van der Waals surface area contributed by atoms with Crippen molar-refractivity contribution in [1.82, 2.24) is 14.9 Å². The predicted octanol–water partition coefficient (Wildman–Crippen LogP) is 3.25. The van der Waals surface area contributed by atoms with E-state index in [0.717, 1.165) is 17.5 Å². The molecule has 3 N–H and O–H groups in total. The van der Waals surface area contributed by atoms with E-state index >= 15 is 0 Å². The molecule has 0 fully saturated rings. The van der Waals surface area contributed by atoms with Crippen molar-refractivity contribution in [1.29, 1.82) is 0 Å². The molecular formula is C23H25N3O5S. The highest BCUT2D eigenvalue weighted by molar-refractivity contribution is 7.71. The van der Waals surface area contributed by atoms with Crippen LogP contribution in [-0.4, -0.2) is 42.0 Å². The molecule has 1 aliphatic rings. The van der Waals surface area contributed by atoms with Gasteiger partial charge in [-0.1, -0.05) is 0 Å². The number of aromatic nitrogens is 2. The highest BCUT2D eigenvalue weighted by Gasteiger charge is 2.30. The Kier molecular flexibility index (Phi) is 6.20. The number of aromatic amines is 1. The molecule has 0 saturated heterocycles. The van der Waals surface area contributed by atoms with Crippen molar-refractivity contribution in [2.45, 2.75) is 19.4 Å². The summed E-state index contributed by atoms with van der Waals surface area (Å²) in [6, 6.07) is 10.3. The van der Waals surface area contributed by atoms with Crippen LogP contribution in [0.25, 0.3) is 5.69 Å². The molecule has 0 spiro atoms. The Labute approximate surface area is 190 Å². The zero-order valence-corrected chi connectivity index (χ0v) is 18.9. The third kappa shape index (κ3) is 3.85. The van der Waals surface area contributed by atoms with Crippen LogP contribution >= 0.6 is 12.2 Å². The lowest BCUT2D eigenvalue weighted by Crippen LogP contribution is -2.35. The average Bonchev–Trinajstić information content (AvgIpc) is 2.79. The Morgan fingerprint density at radius 1 is 1.16 bits per heavy atom. The summed E-state index contributed by atoms with van der Waals surface area (Å²) in [5.74, 6) is 1.66. The number of methoxy groups -OCH3 is 2. The van der Waals surface area contributed by atoms with E-state index in [0.29, 0.717) is 36.1 Å². The number of hydrogen-bond donors (Lipinski definition) is 3. The monoisotopic (exact) mass is 455 g/mol. The highest BCUT2D eigenvalue weighted by Crippen LogP contribution is 2.38. The summed E-state index contributed by atoms with van der Waals surface area (Å²) < 4.78 is 17.9. The molecule has 0 unspecified atom stereocenters. The number of hydrogen-bond acceptors (Lipinski definition) is 7. The SMILES string of the molecule is CCOc1ccc(-n2c(O)c([C@@H]3NCCc4cc(OC)c(OC)cc43)c(=O)[nH]c2=S)cc1. The van der Waals surface area contributed by atoms with Crippen molar-refractivity contribution in [3.05, 3.63) is 68.2 Å². The number of fused-ring (bicyclic) bond motifs is 1. The Hall–Kier alpha value is -3.30. The van der Waals surface area contributed by atoms with Gasteiger partial charge >= 0.3 is 0 Å². The second-order valence-electron chi connectivity index (χ2n) is 7.30. The zero-order valence-electron chi connectivity index (χ0n) is 18.1. The molecule has 0 aliphatic carbocycles. The van der Waals surface area contributed by atoms with Crippen LogP contribution in [0.1, 0.15) is 29.7 Å². The summed E-state index contributed by atoms with van der Waals surface area (Å²) >= 11 is 5.36. The normalized spacial score (nSPS) is 15.2. The van der Waals surface area contributed by atoms with Crippen molar-refractivity contribution < 1.29 is 19.3 Å². The first-order valence-electron chi connectivity index (χ1n) is 10.3. The van der Waals surface area contributed by atoms with Gasteiger partial charge in [0.1, 0.15) is 5.75 Å². The Balaban J connectivity index is 1.87. The minimum absolute atomic E-state index is 0.101. The molecule has 3 aromatic rings. The molecule has 32 heavy (non-hydrogen) atoms. The van der Waals surface area contributed by atoms with Crippen LogP contribution in [0.2, 0.25) is 0 Å². The fourth-order valence-corrected chi connectivity index (χ4v) is 4.32. The van der Waals surface area contributed by atoms with Gasteiger partial charge in [-0.3, -0.25) is 14.3 Å². The first-order valence-corrected chi connectivity index (χ1v) is 10.7. The standard InChI is InChI=1S/C23H25N3O5S/c1-4-31-15-7-5-14(6-8-15)26-22(28)19(21(27)25-23(26)32)20-16-12-18(30-3)17(29-2)11-13(16)9-10-24-20/h5-8,11-12,20,24,28H,4,9-10H2,1-3H3,(H,25,27,32)/t20-/m1/s1. The molecule has 4 rings (SSSR count). The van der Waals surface area contributed by atoms with Crippen molar-refractivity contribution in [2.75, 3.05) is 27.4 Å². The minimum Gasteiger partial charge on any atom is -0.494 e. The molecule has 0 saturated carbocycles. The lowest BCUT2D eigenvalue weighted by atomic mass is 9.90. The molecule has 2 aromatic carbocycles. The average molecular weight is 456 g/mol. The van der Waals surface area contributed by atoms with E-state index in [4.69, 9.17) is 26.4 Å². The molecule has 2 heterocycles. The van der Waals surface area contributed by atoms with Gasteiger partial charge in [0, 0.05) is 6.54 Å². The van der Waals surface area contributed by atoms with Crippen molar-refractivity contribution in [2.24, 2.45) is 0 Å². The molecule has 1 aromatic heterocycles. The number of nitrogens with zero attached hydrogens (tertiary/aromatic N) is 1. The minimum atomic E-state index is -0.549. The molecular weight excluding hydrogens is 430 g/mol. The summed E-state index contributed by atoms with van der Waals surface area (Å²) in [6.45, 7) is 3.09. The van der Waals surface area contributed by atoms with Crippen LogP contribution in [0.3, 0.4) is 0 Å². The van der Waals surface area contributed by atoms with E-state index < -0.39 is 11.6 Å². The quantitative estimate of drug-likeness (QED) is 0.491. The Morgan fingerprint density at radius 3 is 2.50 bits per heavy atom. The molecule has 1 aliphatic heterocycles. The molecule has 0 radical (unpaired) electrons. The third-order valence-electron chi connectivity index (χ3n) is 5.51. The fraction of sp³-hybridized carbons (Fsp3) is 0.304. The van der Waals surface area contributed by atoms with Gasteiger partial charge in [0.15, 0.2) is 16.3 Å². The lowest BCUT2D eigenvalue weighted by Gasteiger charge is -2.29. The molecule has 168 valence electrons. The fourth-order valence-electron chi connectivity index (χ4n) is 4.04. The number of H-pyrrole nitrogens is 1. The first kappa shape index (κ1) is 21.9. The summed E-state index contributed by atoms with van der Waals surface area (Å²) in [4.78, 5) is 15.7. The van der Waals surface area contributed by atoms with Gasteiger partial charge in [0.2, 0.25) is 5.88 Å². The summed E-state index contributed by atoms with van der Waals surface area (Å²) in [7, 11) is 3.15. The lowest BCUT2D eigenvalue weighted by molar-refractivity contribution is 0.340. The van der Waals surface area contributed by atoms with Crippen LogP contribution in [0.4, 0.5) is 0 Å². The summed E-state index contributed by atoms with van der Waals surface area (Å²) in [6.07, 6.45) is 0.753. The number of nitrogens with one attached hydrogen (secondary N) is 2. The molecule has 0 bridgehead atoms. The van der Waals surface area contributed by atoms with Gasteiger partial charge in [0.25, 0.3) is 5.56 Å². The van der Waals surface area contributed by atoms with Crippen molar-refractivity contribution in [3.63, 3.8) is 0 Å². The summed E-state index contributed by atoms with van der Waals surface area (Å²) in [5.41, 5.74) is 2.19. The first-order chi connectivity index (χ1) is 15.5. The van der Waals surface area contributed by atoms with E-state index in [1.54, 1.807) is 38.5 Å². The van der Waals surface area contributed by atoms with Crippen LogP contribution in [0.15, 0.2) is 41.2 Å². The number of rotatable bonds is 6. The predicted molar refractivity (Wildman–Crippen MR) is 123 cm³/mol. The summed E-state index contributed by atoms with van der Waals surface area (Å²) in [5, 5.41) is 14.6. The van der Waals surface area contributed by atoms with E-state index in [1.807, 2.05) is 19.1 Å². The maximum absolute atomic E-state index is 13.0. The van der Waals surface area contributed by atoms with Crippen LogP contribution in [-0.2, 0) is 6.42 Å². The topological polar surface area (TPSA) is 97.7 Å². The highest BCUT2D eigenvalue weighted by atomic mass is 32.1. The molecule has 8 nitrogen and oxygen atoms in total. The van der Waals surface area contributed by atoms with Crippen LogP contribution in [0, 0.1) is 4.77 Å². The largest absolute Gasteiger partial charge is 0.494 e. The van der Waals surface area contributed by atoms with Crippen molar-refractivity contribution in [3.8, 4) is 28.8 Å². The van der Waals surface area contributed by atoms with Crippen LogP contribution in [0.5, 0.6) is 23.1 Å². The van der Waals surface area contributed by atoms with Gasteiger partial charge < -0.3 is 24.6 Å². The van der Waals surface area contributed by atoms with Crippen LogP contribution < -0.4 is 25.1 Å². The zero-order chi connectivity index (χ0) is 22.8. The second-order valence-corrected chi connectivity index (χ2v) is 7.69. The number of aromatic hydroxyl groups is 1. The van der Waals surface area contributed by atoms with E-state index in [2.05, 4.69) is 10.3 Å². The number of benzene rings is 2. The van der Waals surface area contributed by atoms with E-state index in [9.17, 15) is 9.90 Å². The molecule has 1 atom stereocenters. The second kappa shape index (κ2) is 9.05. The molecule has 0 amide bonds.